The SMILES string of the molecule is O=C(Oc1c(Cl)cc(Cl)c(Cl)c1C(=O)OCc1cccc2ccccc12)C(=O)Oc1c(Cl)cc(Cl)c(Cl)c1C(=O)OCc1cccc2ccccc12. The van der Waals surface area contributed by atoms with Crippen LogP contribution < -0.4 is 9.47 Å². The molecule has 6 aromatic rings. The van der Waals surface area contributed by atoms with Crippen LogP contribution in [0.5, 0.6) is 11.5 Å². The standard InChI is InChI=1S/C38H20Cl6O8/c39-25-15-27(41)33(29(31(25)43)35(45)49-17-21-11-5-9-19-7-1-3-13-23(19)21)51-37(47)38(48)52-34-28(42)16-26(40)32(44)30(34)36(46)50-18-22-12-6-10-20-8-2-4-14-24(20)22/h1-16H,17-18H2. The Kier molecular flexibility index (Phi) is 11.5. The van der Waals surface area contributed by atoms with Crippen molar-refractivity contribution in [2.45, 2.75) is 13.2 Å². The van der Waals surface area contributed by atoms with E-state index in [9.17, 15) is 19.2 Å². The van der Waals surface area contributed by atoms with E-state index in [4.69, 9.17) is 88.6 Å². The quantitative estimate of drug-likeness (QED) is 0.0647. The zero-order valence-electron chi connectivity index (χ0n) is 26.2. The summed E-state index contributed by atoms with van der Waals surface area (Å²) in [6.45, 7) is -0.406. The number of carbonyl (C=O) groups is 4. The van der Waals surface area contributed by atoms with Crippen LogP contribution in [0.15, 0.2) is 97.1 Å². The maximum absolute atomic E-state index is 13.4. The fourth-order valence-electron chi connectivity index (χ4n) is 5.26. The number of carbonyl (C=O) groups excluding carboxylic acids is 4. The molecule has 0 spiro atoms. The van der Waals surface area contributed by atoms with Crippen LogP contribution in [0.4, 0.5) is 0 Å². The minimum Gasteiger partial charge on any atom is -0.457 e. The van der Waals surface area contributed by atoms with Crippen molar-refractivity contribution in [3.63, 3.8) is 0 Å². The van der Waals surface area contributed by atoms with Crippen molar-refractivity contribution in [1.29, 1.82) is 0 Å². The van der Waals surface area contributed by atoms with Crippen LogP contribution in [0.3, 0.4) is 0 Å². The Bertz CT molecular complexity index is 2250. The minimum atomic E-state index is -1.69. The molecule has 0 N–H and O–H groups in total. The minimum absolute atomic E-state index is 0.166. The van der Waals surface area contributed by atoms with Gasteiger partial charge in [-0.05, 0) is 44.8 Å². The van der Waals surface area contributed by atoms with Gasteiger partial charge in [-0.1, -0.05) is 155 Å². The van der Waals surface area contributed by atoms with Crippen molar-refractivity contribution in [3.8, 4) is 11.5 Å². The van der Waals surface area contributed by atoms with E-state index in [1.807, 2.05) is 60.7 Å². The van der Waals surface area contributed by atoms with Gasteiger partial charge >= 0.3 is 23.9 Å². The Balaban J connectivity index is 1.23. The zero-order valence-corrected chi connectivity index (χ0v) is 30.7. The number of ether oxygens (including phenoxy) is 4. The van der Waals surface area contributed by atoms with Gasteiger partial charge in [-0.2, -0.15) is 0 Å². The number of hydrogen-bond donors (Lipinski definition) is 0. The molecule has 0 unspecified atom stereocenters. The van der Waals surface area contributed by atoms with Gasteiger partial charge in [0, 0.05) is 0 Å². The van der Waals surface area contributed by atoms with Crippen LogP contribution in [0.1, 0.15) is 31.8 Å². The molecule has 6 aromatic carbocycles. The molecule has 8 nitrogen and oxygen atoms in total. The fraction of sp³-hybridized carbons (Fsp3) is 0.0526. The molecule has 0 bridgehead atoms. The summed E-state index contributed by atoms with van der Waals surface area (Å²) in [6, 6.07) is 28.0. The van der Waals surface area contributed by atoms with Gasteiger partial charge in [0.25, 0.3) is 0 Å². The molecule has 0 aliphatic rings. The molecule has 0 aliphatic carbocycles. The predicted octanol–water partition coefficient (Wildman–Crippen LogP) is 11.1. The lowest BCUT2D eigenvalue weighted by molar-refractivity contribution is -0.156. The number of rotatable bonds is 8. The van der Waals surface area contributed by atoms with Gasteiger partial charge in [-0.25, -0.2) is 19.2 Å². The van der Waals surface area contributed by atoms with Crippen LogP contribution in [0.25, 0.3) is 21.5 Å². The summed E-state index contributed by atoms with van der Waals surface area (Å²) in [5.41, 5.74) is 0.266. The van der Waals surface area contributed by atoms with Gasteiger partial charge in [-0.3, -0.25) is 0 Å². The largest absolute Gasteiger partial charge is 0.457 e. The maximum atomic E-state index is 13.4. The van der Waals surface area contributed by atoms with E-state index in [1.165, 1.54) is 0 Å². The molecule has 6 rings (SSSR count). The number of halogens is 6. The molecular weight excluding hydrogens is 797 g/mol. The molecule has 0 fully saturated rings. The Morgan fingerprint density at radius 1 is 0.462 bits per heavy atom. The maximum Gasteiger partial charge on any atom is 0.423 e. The highest BCUT2D eigenvalue weighted by Crippen LogP contribution is 2.42. The third-order valence-electron chi connectivity index (χ3n) is 7.70. The molecule has 0 aromatic heterocycles. The van der Waals surface area contributed by atoms with Crippen molar-refractivity contribution in [2.75, 3.05) is 0 Å². The van der Waals surface area contributed by atoms with Crippen LogP contribution >= 0.6 is 69.6 Å². The highest BCUT2D eigenvalue weighted by molar-refractivity contribution is 6.47. The second kappa shape index (κ2) is 16.0. The summed E-state index contributed by atoms with van der Waals surface area (Å²) in [5.74, 6) is -6.81. The lowest BCUT2D eigenvalue weighted by atomic mass is 10.1. The number of benzene rings is 6. The first-order valence-electron chi connectivity index (χ1n) is 15.0. The zero-order chi connectivity index (χ0) is 37.1. The van der Waals surface area contributed by atoms with Crippen LogP contribution in [0.2, 0.25) is 30.1 Å². The molecule has 0 atom stereocenters. The summed E-state index contributed by atoms with van der Waals surface area (Å²) >= 11 is 37.7. The van der Waals surface area contributed by atoms with Gasteiger partial charge in [-0.15, -0.1) is 0 Å². The van der Waals surface area contributed by atoms with Crippen molar-refractivity contribution >= 4 is 115 Å². The topological polar surface area (TPSA) is 105 Å². The van der Waals surface area contributed by atoms with Crippen molar-refractivity contribution in [3.05, 3.63) is 149 Å². The lowest BCUT2D eigenvalue weighted by Gasteiger charge is -2.16. The van der Waals surface area contributed by atoms with Crippen molar-refractivity contribution in [1.82, 2.24) is 0 Å². The molecule has 0 heterocycles. The predicted molar refractivity (Wildman–Crippen MR) is 200 cm³/mol. The van der Waals surface area contributed by atoms with Gasteiger partial charge in [0.2, 0.25) is 0 Å². The van der Waals surface area contributed by atoms with Crippen LogP contribution in [-0.2, 0) is 32.3 Å². The van der Waals surface area contributed by atoms with Gasteiger partial charge in [0.1, 0.15) is 24.3 Å². The summed E-state index contributed by atoms with van der Waals surface area (Å²) in [6.07, 6.45) is 0. The Morgan fingerprint density at radius 2 is 0.827 bits per heavy atom. The average Bonchev–Trinajstić information content (AvgIpc) is 3.14. The Morgan fingerprint density at radius 3 is 1.23 bits per heavy atom. The van der Waals surface area contributed by atoms with E-state index in [2.05, 4.69) is 0 Å². The molecule has 0 amide bonds. The summed E-state index contributed by atoms with van der Waals surface area (Å²) in [4.78, 5) is 53.1. The van der Waals surface area contributed by atoms with Crippen molar-refractivity contribution < 1.29 is 38.1 Å². The summed E-state index contributed by atoms with van der Waals surface area (Å²) in [5, 5.41) is 1.70. The molecule has 14 heteroatoms. The second-order valence-corrected chi connectivity index (χ2v) is 13.3. The highest BCUT2D eigenvalue weighted by atomic mass is 35.5. The number of esters is 4. The third kappa shape index (κ3) is 7.78. The van der Waals surface area contributed by atoms with E-state index in [0.29, 0.717) is 11.1 Å². The van der Waals surface area contributed by atoms with Crippen LogP contribution in [0, 0.1) is 0 Å². The van der Waals surface area contributed by atoms with Gasteiger partial charge < -0.3 is 18.9 Å². The van der Waals surface area contributed by atoms with E-state index in [0.717, 1.165) is 33.7 Å². The van der Waals surface area contributed by atoms with E-state index in [1.54, 1.807) is 24.3 Å². The van der Waals surface area contributed by atoms with E-state index >= 15 is 0 Å². The fourth-order valence-corrected chi connectivity index (χ4v) is 6.70. The van der Waals surface area contributed by atoms with Gasteiger partial charge in [0.05, 0.1) is 30.1 Å². The molecule has 0 aliphatic heterocycles. The van der Waals surface area contributed by atoms with E-state index < -0.39 is 46.5 Å². The molecule has 0 saturated carbocycles. The smallest absolute Gasteiger partial charge is 0.423 e. The molecule has 52 heavy (non-hydrogen) atoms. The van der Waals surface area contributed by atoms with Crippen molar-refractivity contribution in [2.24, 2.45) is 0 Å². The monoisotopic (exact) mass is 814 g/mol. The normalized spacial score (nSPS) is 11.0. The van der Waals surface area contributed by atoms with Gasteiger partial charge in [0.15, 0.2) is 11.5 Å². The highest BCUT2D eigenvalue weighted by Gasteiger charge is 2.32. The van der Waals surface area contributed by atoms with Crippen LogP contribution in [-0.4, -0.2) is 23.9 Å². The molecule has 0 radical (unpaired) electrons. The second-order valence-electron chi connectivity index (χ2n) is 10.9. The molecule has 262 valence electrons. The first-order valence-corrected chi connectivity index (χ1v) is 17.3. The summed E-state index contributed by atoms with van der Waals surface area (Å²) < 4.78 is 21.5. The number of fused-ring (bicyclic) bond motifs is 2. The Labute approximate surface area is 325 Å². The molecular formula is C38H20Cl6O8. The average molecular weight is 817 g/mol. The first-order chi connectivity index (χ1) is 24.9. The Hall–Kier alpha value is -4.54. The third-order valence-corrected chi connectivity index (χ3v) is 9.83. The van der Waals surface area contributed by atoms with E-state index in [-0.39, 0.29) is 43.3 Å². The summed E-state index contributed by atoms with van der Waals surface area (Å²) in [7, 11) is 0. The lowest BCUT2D eigenvalue weighted by Crippen LogP contribution is -2.27. The first kappa shape index (κ1) is 37.2. The molecule has 0 saturated heterocycles. The number of hydrogen-bond acceptors (Lipinski definition) is 8.